The Balaban J connectivity index is 1.46. The van der Waals surface area contributed by atoms with Crippen LogP contribution in [0.3, 0.4) is 0 Å². The molecule has 2 aromatic carbocycles. The number of hydrogen-bond acceptors (Lipinski definition) is 7. The molecule has 0 aliphatic carbocycles. The van der Waals surface area contributed by atoms with Crippen LogP contribution in [0.4, 0.5) is 0 Å². The van der Waals surface area contributed by atoms with Gasteiger partial charge in [0.05, 0.1) is 23.8 Å². The second kappa shape index (κ2) is 9.27. The van der Waals surface area contributed by atoms with Crippen LogP contribution in [-0.2, 0) is 26.1 Å². The number of aromatic nitrogens is 1. The highest BCUT2D eigenvalue weighted by Gasteiger charge is 2.26. The van der Waals surface area contributed by atoms with Crippen LogP contribution in [-0.4, -0.2) is 50.0 Å². The highest BCUT2D eigenvalue weighted by molar-refractivity contribution is 7.89. The van der Waals surface area contributed by atoms with E-state index in [9.17, 15) is 13.2 Å². The van der Waals surface area contributed by atoms with Crippen molar-refractivity contribution in [1.82, 2.24) is 9.29 Å². The van der Waals surface area contributed by atoms with Crippen LogP contribution < -0.4 is 0 Å². The molecule has 9 heteroatoms. The van der Waals surface area contributed by atoms with Crippen molar-refractivity contribution in [3.8, 4) is 10.6 Å². The number of morpholine rings is 1. The van der Waals surface area contributed by atoms with E-state index < -0.39 is 16.0 Å². The number of carbonyl (C=O) groups excluding carboxylic acids is 1. The number of carbonyl (C=O) groups is 1. The van der Waals surface area contributed by atoms with E-state index >= 15 is 0 Å². The van der Waals surface area contributed by atoms with E-state index in [1.807, 2.05) is 30.3 Å². The number of nitrogens with zero attached hydrogens (tertiary/aromatic N) is 2. The van der Waals surface area contributed by atoms with Gasteiger partial charge in [0.25, 0.3) is 0 Å². The maximum atomic E-state index is 12.8. The van der Waals surface area contributed by atoms with Gasteiger partial charge in [0.15, 0.2) is 0 Å². The fourth-order valence-electron chi connectivity index (χ4n) is 3.24. The second-order valence-electron chi connectivity index (χ2n) is 7.04. The lowest BCUT2D eigenvalue weighted by Gasteiger charge is -2.26. The van der Waals surface area contributed by atoms with Crippen molar-refractivity contribution >= 4 is 27.3 Å². The first-order valence-electron chi connectivity index (χ1n) is 9.82. The van der Waals surface area contributed by atoms with Gasteiger partial charge >= 0.3 is 5.97 Å². The zero-order valence-corrected chi connectivity index (χ0v) is 18.6. The predicted molar refractivity (Wildman–Crippen MR) is 117 cm³/mol. The van der Waals surface area contributed by atoms with Crippen LogP contribution in [0.15, 0.2) is 59.5 Å². The van der Waals surface area contributed by atoms with Crippen molar-refractivity contribution in [2.45, 2.75) is 18.4 Å². The molecule has 31 heavy (non-hydrogen) atoms. The number of thiazole rings is 1. The highest BCUT2D eigenvalue weighted by atomic mass is 32.2. The number of rotatable bonds is 6. The molecule has 162 valence electrons. The predicted octanol–water partition coefficient (Wildman–Crippen LogP) is 3.50. The fourth-order valence-corrected chi connectivity index (χ4v) is 5.68. The molecule has 1 aliphatic rings. The Morgan fingerprint density at radius 3 is 2.61 bits per heavy atom. The number of aryl methyl sites for hydroxylation is 1. The Hall–Kier alpha value is -2.59. The first kappa shape index (κ1) is 21.6. The van der Waals surface area contributed by atoms with E-state index in [-0.39, 0.29) is 11.5 Å². The highest BCUT2D eigenvalue weighted by Crippen LogP contribution is 2.28. The lowest BCUT2D eigenvalue weighted by Crippen LogP contribution is -2.40. The van der Waals surface area contributed by atoms with Crippen LogP contribution in [0.2, 0.25) is 0 Å². The number of hydrogen-bond donors (Lipinski definition) is 0. The Labute approximate surface area is 185 Å². The van der Waals surface area contributed by atoms with E-state index in [1.54, 1.807) is 31.2 Å². The molecule has 0 bridgehead atoms. The summed E-state index contributed by atoms with van der Waals surface area (Å²) in [4.78, 5) is 17.7. The molecule has 3 aromatic rings. The number of ether oxygens (including phenoxy) is 2. The summed E-state index contributed by atoms with van der Waals surface area (Å²) in [6, 6.07) is 16.1. The normalized spacial score (nSPS) is 15.0. The standard InChI is InChI=1S/C22H22N2O5S2/c1-16-20(30-21(23-16)18-7-3-2-4-8-18)22(25)29-15-17-6-5-9-19(14-17)31(26,27)24-10-12-28-13-11-24/h2-9,14H,10-13,15H2,1H3. The third-order valence-corrected chi connectivity index (χ3v) is 7.96. The minimum atomic E-state index is -3.60. The molecule has 0 atom stereocenters. The third-order valence-electron chi connectivity index (χ3n) is 4.88. The van der Waals surface area contributed by atoms with E-state index in [4.69, 9.17) is 9.47 Å². The molecule has 0 unspecified atom stereocenters. The third kappa shape index (κ3) is 4.85. The van der Waals surface area contributed by atoms with Gasteiger partial charge in [-0.2, -0.15) is 4.31 Å². The quantitative estimate of drug-likeness (QED) is 0.526. The Bertz CT molecular complexity index is 1170. The van der Waals surface area contributed by atoms with Crippen molar-refractivity contribution in [3.05, 3.63) is 70.7 Å². The smallest absolute Gasteiger partial charge is 0.350 e. The van der Waals surface area contributed by atoms with Crippen molar-refractivity contribution in [1.29, 1.82) is 0 Å². The molecule has 7 nitrogen and oxygen atoms in total. The van der Waals surface area contributed by atoms with Gasteiger partial charge < -0.3 is 9.47 Å². The molecule has 2 heterocycles. The summed E-state index contributed by atoms with van der Waals surface area (Å²) in [7, 11) is -3.60. The Morgan fingerprint density at radius 1 is 1.13 bits per heavy atom. The van der Waals surface area contributed by atoms with E-state index in [2.05, 4.69) is 4.98 Å². The Morgan fingerprint density at radius 2 is 1.87 bits per heavy atom. The summed E-state index contributed by atoms with van der Waals surface area (Å²) in [5.74, 6) is -0.473. The van der Waals surface area contributed by atoms with Crippen molar-refractivity contribution in [3.63, 3.8) is 0 Å². The van der Waals surface area contributed by atoms with Crippen LogP contribution in [0.5, 0.6) is 0 Å². The first-order valence-corrected chi connectivity index (χ1v) is 12.1. The monoisotopic (exact) mass is 458 g/mol. The van der Waals surface area contributed by atoms with Crippen molar-refractivity contribution in [2.24, 2.45) is 0 Å². The van der Waals surface area contributed by atoms with Crippen molar-refractivity contribution < 1.29 is 22.7 Å². The summed E-state index contributed by atoms with van der Waals surface area (Å²) >= 11 is 1.28. The molecule has 1 aromatic heterocycles. The van der Waals surface area contributed by atoms with Crippen LogP contribution in [0.1, 0.15) is 20.9 Å². The average molecular weight is 459 g/mol. The van der Waals surface area contributed by atoms with Crippen molar-refractivity contribution in [2.75, 3.05) is 26.3 Å². The van der Waals surface area contributed by atoms with Gasteiger partial charge in [-0.05, 0) is 24.6 Å². The summed E-state index contributed by atoms with van der Waals surface area (Å²) in [6.45, 7) is 3.18. The molecule has 0 N–H and O–H groups in total. The summed E-state index contributed by atoms with van der Waals surface area (Å²) in [5, 5.41) is 0.753. The molecule has 0 spiro atoms. The maximum absolute atomic E-state index is 12.8. The molecule has 0 amide bonds. The summed E-state index contributed by atoms with van der Waals surface area (Å²) in [6.07, 6.45) is 0. The number of benzene rings is 2. The van der Waals surface area contributed by atoms with E-state index in [1.165, 1.54) is 15.6 Å². The van der Waals surface area contributed by atoms with Gasteiger partial charge in [-0.25, -0.2) is 18.2 Å². The van der Waals surface area contributed by atoms with Gasteiger partial charge in [-0.3, -0.25) is 0 Å². The first-order chi connectivity index (χ1) is 14.9. The van der Waals surface area contributed by atoms with Gasteiger partial charge in [-0.15, -0.1) is 11.3 Å². The van der Waals surface area contributed by atoms with Crippen LogP contribution in [0.25, 0.3) is 10.6 Å². The lowest BCUT2D eigenvalue weighted by molar-refractivity contribution is 0.0477. The largest absolute Gasteiger partial charge is 0.457 e. The summed E-state index contributed by atoms with van der Waals surface area (Å²) < 4.78 is 37.8. The molecular formula is C22H22N2O5S2. The maximum Gasteiger partial charge on any atom is 0.350 e. The average Bonchev–Trinajstić information content (AvgIpc) is 3.20. The zero-order chi connectivity index (χ0) is 21.8. The molecule has 0 radical (unpaired) electrons. The zero-order valence-electron chi connectivity index (χ0n) is 17.0. The fraction of sp³-hybridized carbons (Fsp3) is 0.273. The molecule has 4 rings (SSSR count). The van der Waals surface area contributed by atoms with Crippen LogP contribution >= 0.6 is 11.3 Å². The number of sulfonamides is 1. The lowest BCUT2D eigenvalue weighted by atomic mass is 10.2. The number of esters is 1. The molecule has 1 saturated heterocycles. The van der Waals surface area contributed by atoms with Crippen LogP contribution in [0, 0.1) is 6.92 Å². The molecule has 1 fully saturated rings. The Kier molecular flexibility index (Phi) is 6.47. The van der Waals surface area contributed by atoms with Gasteiger partial charge in [0.1, 0.15) is 16.5 Å². The minimum Gasteiger partial charge on any atom is -0.457 e. The van der Waals surface area contributed by atoms with Gasteiger partial charge in [0.2, 0.25) is 10.0 Å². The molecular weight excluding hydrogens is 436 g/mol. The minimum absolute atomic E-state index is 0.0245. The molecule has 0 saturated carbocycles. The summed E-state index contributed by atoms with van der Waals surface area (Å²) in [5.41, 5.74) is 2.15. The van der Waals surface area contributed by atoms with Gasteiger partial charge in [-0.1, -0.05) is 42.5 Å². The second-order valence-corrected chi connectivity index (χ2v) is 9.98. The molecule has 1 aliphatic heterocycles. The van der Waals surface area contributed by atoms with Gasteiger partial charge in [0, 0.05) is 18.7 Å². The van der Waals surface area contributed by atoms with E-state index in [0.717, 1.165) is 10.6 Å². The SMILES string of the molecule is Cc1nc(-c2ccccc2)sc1C(=O)OCc1cccc(S(=O)(=O)N2CCOCC2)c1. The topological polar surface area (TPSA) is 85.8 Å². The van der Waals surface area contributed by atoms with E-state index in [0.29, 0.717) is 42.4 Å².